The normalized spacial score (nSPS) is 14.0. The molecule has 0 spiro atoms. The Bertz CT molecular complexity index is 1920. The van der Waals surface area contributed by atoms with Crippen molar-refractivity contribution in [1.82, 2.24) is 0 Å². The van der Waals surface area contributed by atoms with Crippen molar-refractivity contribution >= 4 is 39.5 Å². The molecule has 0 rings (SSSR count). The molecule has 0 heterocycles. The number of hydrogen-bond donors (Lipinski definition) is 3. The largest absolute Gasteiger partial charge is 0.472 e. The minimum Gasteiger partial charge on any atom is -0.462 e. The number of phosphoric acid groups is 2. The highest BCUT2D eigenvalue weighted by Gasteiger charge is 2.30. The minimum absolute atomic E-state index is 0.107. The highest BCUT2D eigenvalue weighted by molar-refractivity contribution is 7.47. The molecular weight excluding hydrogens is 1290 g/mol. The molecule has 0 saturated heterocycles. The van der Waals surface area contributed by atoms with Gasteiger partial charge in [0.15, 0.2) is 12.2 Å². The van der Waals surface area contributed by atoms with Gasteiger partial charge in [0.1, 0.15) is 19.3 Å². The standard InChI is InChI=1S/C80H156O17P2/c1-8-9-10-11-12-13-14-15-21-27-34-42-49-56-63-79(84)97-76(68-91-78(83)62-55-48-41-36-29-32-39-46-53-60-73(6)7)70-95-99(88,89)93-66-74(81)65-92-98(86,87)94-69-75(67-90-77(82)61-54-47-40-33-26-23-18-20-25-31-38-45-52-59-72(4)5)96-80(85)64-57-50-43-35-28-22-17-16-19-24-30-37-44-51-58-71(2)3/h71-76,81H,8-70H2,1-7H3,(H,86,87)(H,88,89)/t74-,75-,76-/m1/s1. The van der Waals surface area contributed by atoms with Crippen LogP contribution in [0.1, 0.15) is 414 Å². The molecule has 0 fully saturated rings. The summed E-state index contributed by atoms with van der Waals surface area (Å²) in [5.41, 5.74) is 0. The van der Waals surface area contributed by atoms with Crippen LogP contribution in [-0.4, -0.2) is 96.7 Å². The van der Waals surface area contributed by atoms with Gasteiger partial charge in [-0.05, 0) is 43.4 Å². The zero-order valence-electron chi connectivity index (χ0n) is 65.0. The number of carbonyl (C=O) groups is 4. The maximum atomic E-state index is 13.1. The van der Waals surface area contributed by atoms with E-state index in [0.29, 0.717) is 25.7 Å². The summed E-state index contributed by atoms with van der Waals surface area (Å²) in [5, 5.41) is 10.6. The van der Waals surface area contributed by atoms with Crippen molar-refractivity contribution in [3.8, 4) is 0 Å². The Kier molecular flexibility index (Phi) is 69.0. The van der Waals surface area contributed by atoms with Crippen LogP contribution in [0.15, 0.2) is 0 Å². The second-order valence-corrected chi connectivity index (χ2v) is 33.1. The van der Waals surface area contributed by atoms with Gasteiger partial charge >= 0.3 is 39.5 Å². The smallest absolute Gasteiger partial charge is 0.462 e. The third-order valence-electron chi connectivity index (χ3n) is 18.6. The van der Waals surface area contributed by atoms with E-state index in [1.54, 1.807) is 0 Å². The van der Waals surface area contributed by atoms with Gasteiger partial charge in [0.05, 0.1) is 26.4 Å². The number of carbonyl (C=O) groups excluding carboxylic acids is 4. The number of aliphatic hydroxyl groups excluding tert-OH is 1. The molecule has 19 heteroatoms. The van der Waals surface area contributed by atoms with E-state index in [0.717, 1.165) is 108 Å². The topological polar surface area (TPSA) is 237 Å². The maximum absolute atomic E-state index is 13.1. The molecule has 0 saturated carbocycles. The van der Waals surface area contributed by atoms with Crippen molar-refractivity contribution in [2.45, 2.75) is 433 Å². The van der Waals surface area contributed by atoms with Crippen LogP contribution < -0.4 is 0 Å². The second kappa shape index (κ2) is 70.4. The summed E-state index contributed by atoms with van der Waals surface area (Å²) in [6.45, 7) is 12.0. The lowest BCUT2D eigenvalue weighted by Crippen LogP contribution is -2.30. The molecular formula is C80H156O17P2. The van der Waals surface area contributed by atoms with Gasteiger partial charge in [-0.2, -0.15) is 0 Å². The van der Waals surface area contributed by atoms with Crippen molar-refractivity contribution in [1.29, 1.82) is 0 Å². The third-order valence-corrected chi connectivity index (χ3v) is 20.5. The number of rotatable bonds is 78. The van der Waals surface area contributed by atoms with E-state index in [1.165, 1.54) is 225 Å². The summed E-state index contributed by atoms with van der Waals surface area (Å²) in [5.74, 6) is 0.220. The third kappa shape index (κ3) is 74.1. The van der Waals surface area contributed by atoms with Gasteiger partial charge in [-0.1, -0.05) is 363 Å². The monoisotopic (exact) mass is 1450 g/mol. The van der Waals surface area contributed by atoms with Crippen molar-refractivity contribution < 1.29 is 80.2 Å². The molecule has 0 bridgehead atoms. The Hall–Kier alpha value is -1.94. The number of aliphatic hydroxyl groups is 1. The van der Waals surface area contributed by atoms with Crippen LogP contribution in [0.2, 0.25) is 0 Å². The average Bonchev–Trinajstić information content (AvgIpc) is 1.05. The van der Waals surface area contributed by atoms with Gasteiger partial charge in [0.25, 0.3) is 0 Å². The summed E-state index contributed by atoms with van der Waals surface area (Å²) < 4.78 is 68.7. The molecule has 0 amide bonds. The highest BCUT2D eigenvalue weighted by Crippen LogP contribution is 2.45. The molecule has 17 nitrogen and oxygen atoms in total. The molecule has 0 aliphatic carbocycles. The number of phosphoric ester groups is 2. The average molecular weight is 1450 g/mol. The zero-order valence-corrected chi connectivity index (χ0v) is 66.8. The fourth-order valence-electron chi connectivity index (χ4n) is 12.3. The van der Waals surface area contributed by atoms with Crippen molar-refractivity contribution in [2.75, 3.05) is 39.6 Å². The molecule has 99 heavy (non-hydrogen) atoms. The van der Waals surface area contributed by atoms with Gasteiger partial charge in [-0.15, -0.1) is 0 Å². The molecule has 2 unspecified atom stereocenters. The van der Waals surface area contributed by atoms with Gasteiger partial charge < -0.3 is 33.8 Å². The van der Waals surface area contributed by atoms with Gasteiger partial charge in [-0.25, -0.2) is 9.13 Å². The molecule has 0 aromatic heterocycles. The van der Waals surface area contributed by atoms with E-state index in [-0.39, 0.29) is 25.7 Å². The second-order valence-electron chi connectivity index (χ2n) is 30.2. The SMILES string of the molecule is CCCCCCCCCCCCCCCCC(=O)O[C@H](COC(=O)CCCCCCCCCCCC(C)C)COP(=O)(O)OC[C@H](O)COP(=O)(O)OC[C@@H](COC(=O)CCCCCCCCCCCCCCCC(C)C)OC(=O)CCCCCCCCCCCCCCCCC(C)C. The molecule has 0 aliphatic heterocycles. The molecule has 0 aromatic carbocycles. The molecule has 0 radical (unpaired) electrons. The van der Waals surface area contributed by atoms with E-state index in [1.807, 2.05) is 0 Å². The van der Waals surface area contributed by atoms with E-state index in [4.69, 9.17) is 37.0 Å². The minimum atomic E-state index is -4.96. The summed E-state index contributed by atoms with van der Waals surface area (Å²) >= 11 is 0. The van der Waals surface area contributed by atoms with Gasteiger partial charge in [0, 0.05) is 25.7 Å². The molecule has 3 N–H and O–H groups in total. The van der Waals surface area contributed by atoms with Crippen LogP contribution in [0.25, 0.3) is 0 Å². The quantitative estimate of drug-likeness (QED) is 0.0222. The Morgan fingerprint density at radius 2 is 0.465 bits per heavy atom. The Balaban J connectivity index is 5.27. The summed E-state index contributed by atoms with van der Waals surface area (Å²) in [7, 11) is -9.92. The summed E-state index contributed by atoms with van der Waals surface area (Å²) in [6.07, 6.45) is 58.1. The van der Waals surface area contributed by atoms with Crippen molar-refractivity contribution in [3.05, 3.63) is 0 Å². The maximum Gasteiger partial charge on any atom is 0.472 e. The van der Waals surface area contributed by atoms with Crippen molar-refractivity contribution in [2.24, 2.45) is 17.8 Å². The lowest BCUT2D eigenvalue weighted by molar-refractivity contribution is -0.161. The first-order valence-corrected chi connectivity index (χ1v) is 44.3. The van der Waals surface area contributed by atoms with E-state index in [9.17, 15) is 43.2 Å². The fraction of sp³-hybridized carbons (Fsp3) is 0.950. The first kappa shape index (κ1) is 97.1. The van der Waals surface area contributed by atoms with Crippen LogP contribution in [0.4, 0.5) is 0 Å². The molecule has 5 atom stereocenters. The van der Waals surface area contributed by atoms with E-state index >= 15 is 0 Å². The molecule has 0 aliphatic rings. The van der Waals surface area contributed by atoms with Gasteiger partial charge in [0.2, 0.25) is 0 Å². The first-order chi connectivity index (χ1) is 47.7. The van der Waals surface area contributed by atoms with E-state index in [2.05, 4.69) is 48.5 Å². The van der Waals surface area contributed by atoms with Crippen LogP contribution in [0.5, 0.6) is 0 Å². The number of unbranched alkanes of at least 4 members (excludes halogenated alkanes) is 46. The van der Waals surface area contributed by atoms with Crippen LogP contribution in [-0.2, 0) is 65.4 Å². The fourth-order valence-corrected chi connectivity index (χ4v) is 13.9. The Morgan fingerprint density at radius 1 is 0.273 bits per heavy atom. The van der Waals surface area contributed by atoms with Crippen LogP contribution >= 0.6 is 15.6 Å². The predicted molar refractivity (Wildman–Crippen MR) is 405 cm³/mol. The predicted octanol–water partition coefficient (Wildman–Crippen LogP) is 23.7. The van der Waals surface area contributed by atoms with Gasteiger partial charge in [-0.3, -0.25) is 37.3 Å². The Morgan fingerprint density at radius 3 is 0.687 bits per heavy atom. The molecule has 0 aromatic rings. The number of hydrogen-bond acceptors (Lipinski definition) is 15. The first-order valence-electron chi connectivity index (χ1n) is 41.3. The summed E-state index contributed by atoms with van der Waals surface area (Å²) in [4.78, 5) is 73.0. The molecule has 588 valence electrons. The Labute approximate surface area is 607 Å². The van der Waals surface area contributed by atoms with E-state index < -0.39 is 97.5 Å². The van der Waals surface area contributed by atoms with Crippen LogP contribution in [0, 0.1) is 17.8 Å². The van der Waals surface area contributed by atoms with Crippen LogP contribution in [0.3, 0.4) is 0 Å². The lowest BCUT2D eigenvalue weighted by atomic mass is 10.0. The zero-order chi connectivity index (χ0) is 73.0. The summed E-state index contributed by atoms with van der Waals surface area (Å²) in [6, 6.07) is 0. The number of ether oxygens (including phenoxy) is 4. The number of esters is 4. The van der Waals surface area contributed by atoms with Crippen molar-refractivity contribution in [3.63, 3.8) is 0 Å². The lowest BCUT2D eigenvalue weighted by Gasteiger charge is -2.21. The highest BCUT2D eigenvalue weighted by atomic mass is 31.2.